The molecule has 7 nitrogen and oxygen atoms in total. The van der Waals surface area contributed by atoms with Crippen LogP contribution in [0.4, 0.5) is 4.79 Å². The van der Waals surface area contributed by atoms with E-state index in [-0.39, 0.29) is 18.3 Å². The number of ether oxygens (including phenoxy) is 1. The van der Waals surface area contributed by atoms with E-state index in [2.05, 4.69) is 4.72 Å². The van der Waals surface area contributed by atoms with Crippen LogP contribution in [-0.4, -0.2) is 44.1 Å². The van der Waals surface area contributed by atoms with E-state index in [9.17, 15) is 13.2 Å². The molecule has 0 unspecified atom stereocenters. The Morgan fingerprint density at radius 2 is 2.08 bits per heavy atom. The lowest BCUT2D eigenvalue weighted by Crippen LogP contribution is -2.40. The van der Waals surface area contributed by atoms with Gasteiger partial charge in [-0.25, -0.2) is 17.9 Å². The van der Waals surface area contributed by atoms with Gasteiger partial charge in [-0.05, 0) is 38.8 Å². The first-order valence-corrected chi connectivity index (χ1v) is 9.71. The first kappa shape index (κ1) is 19.2. The average molecular weight is 365 g/mol. The van der Waals surface area contributed by atoms with E-state index in [1.807, 2.05) is 6.07 Å². The molecule has 0 aromatic heterocycles. The molecule has 1 aromatic carbocycles. The first-order chi connectivity index (χ1) is 11.6. The molecule has 1 fully saturated rings. The summed E-state index contributed by atoms with van der Waals surface area (Å²) in [6.45, 7) is 6.07. The Bertz CT molecular complexity index is 778. The lowest BCUT2D eigenvalue weighted by Gasteiger charge is -2.24. The van der Waals surface area contributed by atoms with Crippen LogP contribution in [-0.2, 0) is 20.5 Å². The Kier molecular flexibility index (Phi) is 5.70. The molecular formula is C17H23N3O4S. The summed E-state index contributed by atoms with van der Waals surface area (Å²) in [6.07, 6.45) is 0.0854. The summed E-state index contributed by atoms with van der Waals surface area (Å²) in [5.74, 6) is -0.264. The molecule has 1 atom stereocenters. The predicted octanol–water partition coefficient (Wildman–Crippen LogP) is 1.99. The number of likely N-dealkylation sites (tertiary alicyclic amines) is 1. The van der Waals surface area contributed by atoms with Crippen LogP contribution in [0.25, 0.3) is 0 Å². The average Bonchev–Trinajstić information content (AvgIpc) is 2.93. The molecule has 8 heteroatoms. The second-order valence-electron chi connectivity index (χ2n) is 7.06. The number of amides is 1. The third-order valence-corrected chi connectivity index (χ3v) is 5.05. The van der Waals surface area contributed by atoms with E-state index in [0.29, 0.717) is 24.1 Å². The number of hydrogen-bond donors (Lipinski definition) is 1. The van der Waals surface area contributed by atoms with Crippen LogP contribution in [0, 0.1) is 11.3 Å². The van der Waals surface area contributed by atoms with Gasteiger partial charge in [0, 0.05) is 19.1 Å². The van der Waals surface area contributed by atoms with Gasteiger partial charge in [-0.3, -0.25) is 0 Å². The van der Waals surface area contributed by atoms with Crippen LogP contribution in [0.3, 0.4) is 0 Å². The van der Waals surface area contributed by atoms with Crippen molar-refractivity contribution >= 4 is 16.1 Å². The largest absolute Gasteiger partial charge is 0.444 e. The van der Waals surface area contributed by atoms with E-state index >= 15 is 0 Å². The van der Waals surface area contributed by atoms with Gasteiger partial charge in [0.2, 0.25) is 10.0 Å². The Morgan fingerprint density at radius 1 is 1.40 bits per heavy atom. The summed E-state index contributed by atoms with van der Waals surface area (Å²) in [6, 6.07) is 8.24. The van der Waals surface area contributed by atoms with Crippen molar-refractivity contribution in [2.24, 2.45) is 0 Å². The van der Waals surface area contributed by atoms with E-state index < -0.39 is 21.7 Å². The van der Waals surface area contributed by atoms with Gasteiger partial charge < -0.3 is 9.64 Å². The predicted molar refractivity (Wildman–Crippen MR) is 93.1 cm³/mol. The van der Waals surface area contributed by atoms with Gasteiger partial charge in [0.05, 0.1) is 17.4 Å². The van der Waals surface area contributed by atoms with Crippen LogP contribution in [0.15, 0.2) is 24.3 Å². The lowest BCUT2D eigenvalue weighted by atomic mass is 10.1. The summed E-state index contributed by atoms with van der Waals surface area (Å²) in [4.78, 5) is 13.5. The normalized spacial score (nSPS) is 18.0. The van der Waals surface area contributed by atoms with Crippen molar-refractivity contribution in [2.45, 2.75) is 44.6 Å². The zero-order chi connectivity index (χ0) is 18.7. The number of nitrogens with zero attached hydrogens (tertiary/aromatic N) is 2. The molecule has 0 spiro atoms. The fourth-order valence-corrected chi connectivity index (χ4v) is 4.05. The molecule has 1 saturated heterocycles. The van der Waals surface area contributed by atoms with Gasteiger partial charge in [0.1, 0.15) is 5.60 Å². The molecule has 1 amide bonds. The van der Waals surface area contributed by atoms with E-state index in [4.69, 9.17) is 10.00 Å². The maximum Gasteiger partial charge on any atom is 0.410 e. The van der Waals surface area contributed by atoms with Crippen molar-refractivity contribution in [3.63, 3.8) is 0 Å². The molecule has 0 aliphatic carbocycles. The zero-order valence-electron chi connectivity index (χ0n) is 14.7. The number of nitrogens with one attached hydrogen (secondary N) is 1. The van der Waals surface area contributed by atoms with Gasteiger partial charge in [0.25, 0.3) is 0 Å². The molecule has 1 aliphatic rings. The van der Waals surface area contributed by atoms with Crippen LogP contribution >= 0.6 is 0 Å². The minimum atomic E-state index is -3.61. The van der Waals surface area contributed by atoms with E-state index in [0.717, 1.165) is 0 Å². The fourth-order valence-electron chi connectivity index (χ4n) is 2.60. The standard InChI is InChI=1S/C17H23N3O4S/c1-17(2,3)24-16(21)20-9-8-15(11-20)19-25(22,23)12-14-7-5-4-6-13(14)10-18/h4-7,15,19H,8-9,11-12H2,1-3H3/t15-/m0/s1. The summed E-state index contributed by atoms with van der Waals surface area (Å²) in [5.41, 5.74) is 0.213. The minimum absolute atomic E-state index is 0.264. The van der Waals surface area contributed by atoms with Gasteiger partial charge in [-0.15, -0.1) is 0 Å². The maximum absolute atomic E-state index is 12.4. The van der Waals surface area contributed by atoms with Crippen molar-refractivity contribution in [3.05, 3.63) is 35.4 Å². The van der Waals surface area contributed by atoms with E-state index in [1.54, 1.807) is 45.0 Å². The van der Waals surface area contributed by atoms with Crippen LogP contribution in [0.1, 0.15) is 38.3 Å². The van der Waals surface area contributed by atoms with Gasteiger partial charge >= 0.3 is 6.09 Å². The molecular weight excluding hydrogens is 342 g/mol. The Morgan fingerprint density at radius 3 is 2.72 bits per heavy atom. The quantitative estimate of drug-likeness (QED) is 0.879. The maximum atomic E-state index is 12.4. The second-order valence-corrected chi connectivity index (χ2v) is 8.81. The molecule has 2 rings (SSSR count). The van der Waals surface area contributed by atoms with Crippen LogP contribution in [0.5, 0.6) is 0 Å². The minimum Gasteiger partial charge on any atom is -0.444 e. The molecule has 1 heterocycles. The number of benzene rings is 1. The van der Waals surface area contributed by atoms with Crippen molar-refractivity contribution in [1.29, 1.82) is 5.26 Å². The number of hydrogen-bond acceptors (Lipinski definition) is 5. The summed E-state index contributed by atoms with van der Waals surface area (Å²) >= 11 is 0. The number of sulfonamides is 1. The highest BCUT2D eigenvalue weighted by molar-refractivity contribution is 7.88. The van der Waals surface area contributed by atoms with Gasteiger partial charge in [0.15, 0.2) is 0 Å². The molecule has 1 aromatic rings. The fraction of sp³-hybridized carbons (Fsp3) is 0.529. The summed E-state index contributed by atoms with van der Waals surface area (Å²) in [5, 5.41) is 9.06. The van der Waals surface area contributed by atoms with Crippen LogP contribution in [0.2, 0.25) is 0 Å². The summed E-state index contributed by atoms with van der Waals surface area (Å²) < 4.78 is 32.7. The monoisotopic (exact) mass is 365 g/mol. The highest BCUT2D eigenvalue weighted by Gasteiger charge is 2.32. The molecule has 0 radical (unpaired) electrons. The number of carbonyl (C=O) groups excluding carboxylic acids is 1. The Hall–Kier alpha value is -2.11. The summed E-state index contributed by atoms with van der Waals surface area (Å²) in [7, 11) is -3.61. The number of carbonyl (C=O) groups is 1. The number of nitriles is 1. The highest BCUT2D eigenvalue weighted by Crippen LogP contribution is 2.17. The Balaban J connectivity index is 1.96. The molecule has 136 valence electrons. The SMILES string of the molecule is CC(C)(C)OC(=O)N1CC[C@H](NS(=O)(=O)Cc2ccccc2C#N)C1. The van der Waals surface area contributed by atoms with Gasteiger partial charge in [-0.1, -0.05) is 18.2 Å². The Labute approximate surface area is 148 Å². The first-order valence-electron chi connectivity index (χ1n) is 8.05. The smallest absolute Gasteiger partial charge is 0.410 e. The third-order valence-electron chi connectivity index (χ3n) is 3.67. The van der Waals surface area contributed by atoms with Crippen molar-refractivity contribution < 1.29 is 17.9 Å². The molecule has 0 bridgehead atoms. The lowest BCUT2D eigenvalue weighted by molar-refractivity contribution is 0.0292. The zero-order valence-corrected chi connectivity index (χ0v) is 15.5. The van der Waals surface area contributed by atoms with Crippen LogP contribution < -0.4 is 4.72 Å². The van der Waals surface area contributed by atoms with E-state index in [1.165, 1.54) is 4.90 Å². The number of rotatable bonds is 4. The van der Waals surface area contributed by atoms with Crippen molar-refractivity contribution in [2.75, 3.05) is 13.1 Å². The molecule has 0 saturated carbocycles. The highest BCUT2D eigenvalue weighted by atomic mass is 32.2. The molecule has 25 heavy (non-hydrogen) atoms. The van der Waals surface area contributed by atoms with Crippen molar-refractivity contribution in [1.82, 2.24) is 9.62 Å². The third kappa shape index (κ3) is 5.73. The molecule has 1 N–H and O–H groups in total. The molecule has 1 aliphatic heterocycles. The topological polar surface area (TPSA) is 99.5 Å². The van der Waals surface area contributed by atoms with Crippen molar-refractivity contribution in [3.8, 4) is 6.07 Å². The van der Waals surface area contributed by atoms with Gasteiger partial charge in [-0.2, -0.15) is 5.26 Å². The second kappa shape index (κ2) is 7.42.